The number of carbonyl (C=O) groups excluding carboxylic acids is 1. The number of hydrogen-bond donors (Lipinski definition) is 1. The van der Waals surface area contributed by atoms with E-state index in [0.29, 0.717) is 28.2 Å². The number of fused-ring (bicyclic) bond motifs is 1. The van der Waals surface area contributed by atoms with Gasteiger partial charge in [0.05, 0.1) is 5.52 Å². The lowest BCUT2D eigenvalue weighted by atomic mass is 10.1. The molecule has 0 saturated heterocycles. The van der Waals surface area contributed by atoms with Crippen LogP contribution in [0.4, 0.5) is 0 Å². The fraction of sp³-hybridized carbons (Fsp3) is 0.125. The molecule has 22 heavy (non-hydrogen) atoms. The highest BCUT2D eigenvalue weighted by molar-refractivity contribution is 6.31. The standard InChI is InChI=1S/C16H13ClN2O3/c1-19-13-8-10(6-7-14(13)22-16(19)21)15(20)18-9-11-4-2-3-5-12(11)17/h2-8H,9H2,1H3,(H,18,20). The van der Waals surface area contributed by atoms with Gasteiger partial charge in [-0.1, -0.05) is 29.8 Å². The summed E-state index contributed by atoms with van der Waals surface area (Å²) in [6.07, 6.45) is 0. The average molecular weight is 317 g/mol. The van der Waals surface area contributed by atoms with Crippen molar-refractivity contribution in [2.45, 2.75) is 6.54 Å². The number of halogens is 1. The minimum Gasteiger partial charge on any atom is -0.408 e. The molecule has 6 heteroatoms. The van der Waals surface area contributed by atoms with E-state index in [-0.39, 0.29) is 5.91 Å². The van der Waals surface area contributed by atoms with Crippen molar-refractivity contribution >= 4 is 28.6 Å². The first-order chi connectivity index (χ1) is 10.6. The van der Waals surface area contributed by atoms with Crippen LogP contribution < -0.4 is 11.1 Å². The van der Waals surface area contributed by atoms with Crippen LogP contribution in [0.5, 0.6) is 0 Å². The first kappa shape index (κ1) is 14.4. The van der Waals surface area contributed by atoms with Gasteiger partial charge in [0.25, 0.3) is 5.91 Å². The van der Waals surface area contributed by atoms with Crippen LogP contribution in [-0.4, -0.2) is 10.5 Å². The summed E-state index contributed by atoms with van der Waals surface area (Å²) in [7, 11) is 1.60. The van der Waals surface area contributed by atoms with Crippen LogP contribution in [0.1, 0.15) is 15.9 Å². The summed E-state index contributed by atoms with van der Waals surface area (Å²) in [5, 5.41) is 3.41. The van der Waals surface area contributed by atoms with Gasteiger partial charge in [-0.25, -0.2) is 4.79 Å². The largest absolute Gasteiger partial charge is 0.419 e. The Balaban J connectivity index is 1.82. The van der Waals surface area contributed by atoms with Crippen molar-refractivity contribution in [1.29, 1.82) is 0 Å². The van der Waals surface area contributed by atoms with Crippen molar-refractivity contribution in [2.75, 3.05) is 0 Å². The van der Waals surface area contributed by atoms with Gasteiger partial charge in [0.2, 0.25) is 0 Å². The summed E-state index contributed by atoms with van der Waals surface area (Å²) in [5.41, 5.74) is 2.33. The monoisotopic (exact) mass is 316 g/mol. The first-order valence-corrected chi connectivity index (χ1v) is 7.05. The highest BCUT2D eigenvalue weighted by Gasteiger charge is 2.11. The van der Waals surface area contributed by atoms with Gasteiger partial charge in [-0.2, -0.15) is 0 Å². The van der Waals surface area contributed by atoms with Crippen molar-refractivity contribution in [3.05, 3.63) is 69.2 Å². The maximum atomic E-state index is 12.2. The summed E-state index contributed by atoms with van der Waals surface area (Å²) < 4.78 is 6.40. The number of aryl methyl sites for hydroxylation is 1. The normalized spacial score (nSPS) is 10.8. The zero-order chi connectivity index (χ0) is 15.7. The summed E-state index contributed by atoms with van der Waals surface area (Å²) in [5.74, 6) is -0.695. The molecule has 0 aliphatic carbocycles. The molecular weight excluding hydrogens is 304 g/mol. The van der Waals surface area contributed by atoms with Crippen molar-refractivity contribution in [3.63, 3.8) is 0 Å². The number of nitrogens with zero attached hydrogens (tertiary/aromatic N) is 1. The molecule has 0 radical (unpaired) electrons. The molecule has 0 bridgehead atoms. The van der Waals surface area contributed by atoms with Gasteiger partial charge >= 0.3 is 5.76 Å². The van der Waals surface area contributed by atoms with E-state index in [1.807, 2.05) is 18.2 Å². The average Bonchev–Trinajstić information content (AvgIpc) is 2.81. The SMILES string of the molecule is Cn1c(=O)oc2ccc(C(=O)NCc3ccccc3Cl)cc21. The number of carbonyl (C=O) groups is 1. The van der Waals surface area contributed by atoms with Gasteiger partial charge in [0.15, 0.2) is 5.58 Å². The molecule has 2 aromatic carbocycles. The molecule has 0 aliphatic heterocycles. The third-order valence-electron chi connectivity index (χ3n) is 3.45. The van der Waals surface area contributed by atoms with E-state index in [1.165, 1.54) is 4.57 Å². The zero-order valence-electron chi connectivity index (χ0n) is 11.8. The van der Waals surface area contributed by atoms with Gasteiger partial charge in [-0.05, 0) is 29.8 Å². The number of amides is 1. The molecule has 1 aromatic heterocycles. The second kappa shape index (κ2) is 5.69. The predicted molar refractivity (Wildman–Crippen MR) is 84.1 cm³/mol. The Hall–Kier alpha value is -2.53. The van der Waals surface area contributed by atoms with Gasteiger partial charge in [-0.3, -0.25) is 9.36 Å². The number of nitrogens with one attached hydrogen (secondary N) is 1. The highest BCUT2D eigenvalue weighted by atomic mass is 35.5. The minimum absolute atomic E-state index is 0.240. The molecule has 0 unspecified atom stereocenters. The molecule has 112 valence electrons. The number of rotatable bonds is 3. The van der Waals surface area contributed by atoms with Crippen LogP contribution in [-0.2, 0) is 13.6 Å². The van der Waals surface area contributed by atoms with Crippen molar-refractivity contribution in [3.8, 4) is 0 Å². The van der Waals surface area contributed by atoms with Gasteiger partial charge in [0, 0.05) is 24.2 Å². The van der Waals surface area contributed by atoms with Gasteiger partial charge < -0.3 is 9.73 Å². The van der Waals surface area contributed by atoms with Crippen LogP contribution in [0, 0.1) is 0 Å². The maximum Gasteiger partial charge on any atom is 0.419 e. The molecule has 5 nitrogen and oxygen atoms in total. The second-order valence-corrected chi connectivity index (χ2v) is 5.29. The lowest BCUT2D eigenvalue weighted by Gasteiger charge is -2.07. The number of benzene rings is 2. The van der Waals surface area contributed by atoms with E-state index in [1.54, 1.807) is 31.3 Å². The van der Waals surface area contributed by atoms with Crippen molar-refractivity contribution in [2.24, 2.45) is 7.05 Å². The lowest BCUT2D eigenvalue weighted by molar-refractivity contribution is 0.0951. The van der Waals surface area contributed by atoms with E-state index < -0.39 is 5.76 Å². The Kier molecular flexibility index (Phi) is 3.73. The Labute approximate surface area is 131 Å². The van der Waals surface area contributed by atoms with Crippen molar-refractivity contribution in [1.82, 2.24) is 9.88 Å². The molecule has 3 rings (SSSR count). The number of oxazole rings is 1. The molecule has 0 fully saturated rings. The molecule has 3 aromatic rings. The molecule has 1 heterocycles. The smallest absolute Gasteiger partial charge is 0.408 e. The fourth-order valence-electron chi connectivity index (χ4n) is 2.19. The van der Waals surface area contributed by atoms with Crippen LogP contribution in [0.3, 0.4) is 0 Å². The highest BCUT2D eigenvalue weighted by Crippen LogP contribution is 2.16. The predicted octanol–water partition coefficient (Wildman–Crippen LogP) is 2.71. The van der Waals surface area contributed by atoms with E-state index in [4.69, 9.17) is 16.0 Å². The van der Waals surface area contributed by atoms with Crippen LogP contribution in [0.15, 0.2) is 51.7 Å². The van der Waals surface area contributed by atoms with E-state index >= 15 is 0 Å². The topological polar surface area (TPSA) is 64.2 Å². The Morgan fingerprint density at radius 1 is 1.27 bits per heavy atom. The lowest BCUT2D eigenvalue weighted by Crippen LogP contribution is -2.23. The van der Waals surface area contributed by atoms with Crippen molar-refractivity contribution < 1.29 is 9.21 Å². The molecule has 0 spiro atoms. The molecule has 1 amide bonds. The Bertz CT molecular complexity index is 911. The summed E-state index contributed by atoms with van der Waals surface area (Å²) in [6.45, 7) is 0.334. The third kappa shape index (κ3) is 2.63. The van der Waals surface area contributed by atoms with Crippen LogP contribution >= 0.6 is 11.6 Å². The molecule has 0 aliphatic rings. The Morgan fingerprint density at radius 2 is 2.05 bits per heavy atom. The second-order valence-electron chi connectivity index (χ2n) is 4.88. The molecule has 0 saturated carbocycles. The first-order valence-electron chi connectivity index (χ1n) is 6.67. The van der Waals surface area contributed by atoms with E-state index in [0.717, 1.165) is 5.56 Å². The van der Waals surface area contributed by atoms with E-state index in [2.05, 4.69) is 5.32 Å². The van der Waals surface area contributed by atoms with Crippen LogP contribution in [0.2, 0.25) is 5.02 Å². The molecule has 0 atom stereocenters. The third-order valence-corrected chi connectivity index (χ3v) is 3.82. The summed E-state index contributed by atoms with van der Waals surface area (Å²) >= 11 is 6.05. The summed E-state index contributed by atoms with van der Waals surface area (Å²) in [6, 6.07) is 12.2. The fourth-order valence-corrected chi connectivity index (χ4v) is 2.39. The van der Waals surface area contributed by atoms with E-state index in [9.17, 15) is 9.59 Å². The number of aromatic nitrogens is 1. The van der Waals surface area contributed by atoms with Crippen LogP contribution in [0.25, 0.3) is 11.1 Å². The molecular formula is C16H13ClN2O3. The van der Waals surface area contributed by atoms with Gasteiger partial charge in [0.1, 0.15) is 0 Å². The quantitative estimate of drug-likeness (QED) is 0.808. The minimum atomic E-state index is -0.455. The summed E-state index contributed by atoms with van der Waals surface area (Å²) in [4.78, 5) is 23.7. The van der Waals surface area contributed by atoms with Gasteiger partial charge in [-0.15, -0.1) is 0 Å². The Morgan fingerprint density at radius 3 is 2.82 bits per heavy atom. The molecule has 1 N–H and O–H groups in total. The maximum absolute atomic E-state index is 12.2. The number of hydrogen-bond acceptors (Lipinski definition) is 3. The zero-order valence-corrected chi connectivity index (χ0v) is 12.6.